The fourth-order valence-electron chi connectivity index (χ4n) is 1.47. The Hall–Kier alpha value is -0.620. The number of nitrogens with two attached hydrogens (primary N) is 1. The zero-order valence-corrected chi connectivity index (χ0v) is 10.3. The first-order valence-corrected chi connectivity index (χ1v) is 4.72. The SMILES string of the molecule is Cl.Cl.NC1CCOCC1Nc1ccncn1. The van der Waals surface area contributed by atoms with E-state index in [4.69, 9.17) is 10.5 Å². The molecule has 0 aliphatic carbocycles. The number of rotatable bonds is 2. The Morgan fingerprint density at radius 1 is 1.44 bits per heavy atom. The molecule has 92 valence electrons. The highest BCUT2D eigenvalue weighted by Crippen LogP contribution is 2.10. The fraction of sp³-hybridized carbons (Fsp3) is 0.556. The minimum absolute atomic E-state index is 0. The van der Waals surface area contributed by atoms with Crippen LogP contribution >= 0.6 is 24.8 Å². The highest BCUT2D eigenvalue weighted by Gasteiger charge is 2.22. The maximum absolute atomic E-state index is 5.94. The average molecular weight is 267 g/mol. The van der Waals surface area contributed by atoms with Gasteiger partial charge in [-0.25, -0.2) is 9.97 Å². The van der Waals surface area contributed by atoms with Crippen molar-refractivity contribution in [2.75, 3.05) is 18.5 Å². The molecular weight excluding hydrogens is 251 g/mol. The predicted molar refractivity (Wildman–Crippen MR) is 67.4 cm³/mol. The standard InChI is InChI=1S/C9H14N4O.2ClH/c10-7-2-4-14-5-8(7)13-9-1-3-11-6-12-9;;/h1,3,6-8H,2,4-5,10H2,(H,11,12,13);2*1H. The van der Waals surface area contributed by atoms with E-state index in [-0.39, 0.29) is 36.9 Å². The first kappa shape index (κ1) is 15.4. The Bertz CT molecular complexity index is 288. The van der Waals surface area contributed by atoms with Crippen LogP contribution in [0.5, 0.6) is 0 Å². The topological polar surface area (TPSA) is 73.1 Å². The van der Waals surface area contributed by atoms with Crippen molar-refractivity contribution in [3.05, 3.63) is 18.6 Å². The normalized spacial score (nSPS) is 23.8. The zero-order valence-electron chi connectivity index (χ0n) is 8.70. The number of nitrogens with one attached hydrogen (secondary N) is 1. The first-order valence-electron chi connectivity index (χ1n) is 4.72. The van der Waals surface area contributed by atoms with Crippen LogP contribution in [-0.4, -0.2) is 35.3 Å². The Labute approximate surface area is 107 Å². The third kappa shape index (κ3) is 4.09. The van der Waals surface area contributed by atoms with E-state index in [1.165, 1.54) is 6.33 Å². The van der Waals surface area contributed by atoms with Crippen molar-refractivity contribution in [3.63, 3.8) is 0 Å². The van der Waals surface area contributed by atoms with Gasteiger partial charge >= 0.3 is 0 Å². The fourth-order valence-corrected chi connectivity index (χ4v) is 1.47. The summed E-state index contributed by atoms with van der Waals surface area (Å²) in [6.45, 7) is 1.40. The molecule has 0 aromatic carbocycles. The molecule has 0 radical (unpaired) electrons. The summed E-state index contributed by atoms with van der Waals surface area (Å²) in [6.07, 6.45) is 4.10. The molecule has 1 aliphatic rings. The van der Waals surface area contributed by atoms with Crippen molar-refractivity contribution < 1.29 is 4.74 Å². The quantitative estimate of drug-likeness (QED) is 0.831. The number of aromatic nitrogens is 2. The first-order chi connectivity index (χ1) is 6.86. The van der Waals surface area contributed by atoms with Crippen LogP contribution in [0.4, 0.5) is 5.82 Å². The number of ether oxygens (including phenoxy) is 1. The van der Waals surface area contributed by atoms with Crippen LogP contribution in [0.3, 0.4) is 0 Å². The van der Waals surface area contributed by atoms with Gasteiger partial charge in [-0.15, -0.1) is 24.8 Å². The maximum Gasteiger partial charge on any atom is 0.129 e. The molecule has 1 saturated heterocycles. The van der Waals surface area contributed by atoms with Gasteiger partial charge in [-0.1, -0.05) is 0 Å². The molecule has 0 bridgehead atoms. The van der Waals surface area contributed by atoms with Gasteiger partial charge in [0.25, 0.3) is 0 Å². The van der Waals surface area contributed by atoms with E-state index in [1.807, 2.05) is 6.07 Å². The van der Waals surface area contributed by atoms with Crippen molar-refractivity contribution in [1.29, 1.82) is 0 Å². The smallest absolute Gasteiger partial charge is 0.129 e. The lowest BCUT2D eigenvalue weighted by atomic mass is 10.1. The van der Waals surface area contributed by atoms with Crippen molar-refractivity contribution in [2.45, 2.75) is 18.5 Å². The molecule has 2 unspecified atom stereocenters. The lowest BCUT2D eigenvalue weighted by molar-refractivity contribution is 0.0767. The zero-order chi connectivity index (χ0) is 9.80. The number of hydrogen-bond donors (Lipinski definition) is 2. The summed E-state index contributed by atoms with van der Waals surface area (Å²) >= 11 is 0. The molecule has 1 aliphatic heterocycles. The number of anilines is 1. The Morgan fingerprint density at radius 2 is 2.25 bits per heavy atom. The maximum atomic E-state index is 5.94. The van der Waals surface area contributed by atoms with E-state index in [9.17, 15) is 0 Å². The van der Waals surface area contributed by atoms with Crippen LogP contribution in [0, 0.1) is 0 Å². The predicted octanol–water partition coefficient (Wildman–Crippen LogP) is 0.848. The molecule has 2 rings (SSSR count). The van der Waals surface area contributed by atoms with Crippen LogP contribution < -0.4 is 11.1 Å². The van der Waals surface area contributed by atoms with Crippen molar-refractivity contribution in [1.82, 2.24) is 9.97 Å². The average Bonchev–Trinajstić information content (AvgIpc) is 2.23. The summed E-state index contributed by atoms with van der Waals surface area (Å²) in [5.74, 6) is 0.797. The second kappa shape index (κ2) is 7.62. The highest BCUT2D eigenvalue weighted by atomic mass is 35.5. The molecule has 0 spiro atoms. The van der Waals surface area contributed by atoms with Crippen LogP contribution in [0.2, 0.25) is 0 Å². The highest BCUT2D eigenvalue weighted by molar-refractivity contribution is 5.85. The molecule has 2 heterocycles. The van der Waals surface area contributed by atoms with Crippen molar-refractivity contribution >= 4 is 30.6 Å². The van der Waals surface area contributed by atoms with Crippen LogP contribution in [0.15, 0.2) is 18.6 Å². The molecule has 3 N–H and O–H groups in total. The molecule has 0 saturated carbocycles. The van der Waals surface area contributed by atoms with Gasteiger partial charge in [-0.3, -0.25) is 0 Å². The van der Waals surface area contributed by atoms with Crippen LogP contribution in [-0.2, 0) is 4.74 Å². The van der Waals surface area contributed by atoms with E-state index in [0.29, 0.717) is 6.61 Å². The molecule has 1 fully saturated rings. The third-order valence-corrected chi connectivity index (χ3v) is 2.32. The lowest BCUT2D eigenvalue weighted by Gasteiger charge is -2.29. The Kier molecular flexibility index (Phi) is 7.33. The van der Waals surface area contributed by atoms with E-state index in [2.05, 4.69) is 15.3 Å². The van der Waals surface area contributed by atoms with E-state index < -0.39 is 0 Å². The summed E-state index contributed by atoms with van der Waals surface area (Å²) in [4.78, 5) is 7.92. The molecule has 1 aromatic rings. The molecule has 1 aromatic heterocycles. The molecule has 0 amide bonds. The monoisotopic (exact) mass is 266 g/mol. The lowest BCUT2D eigenvalue weighted by Crippen LogP contribution is -2.47. The number of halogens is 2. The van der Waals surface area contributed by atoms with Crippen molar-refractivity contribution in [2.24, 2.45) is 5.73 Å². The summed E-state index contributed by atoms with van der Waals surface area (Å²) in [7, 11) is 0. The number of nitrogens with zero attached hydrogens (tertiary/aromatic N) is 2. The van der Waals surface area contributed by atoms with Gasteiger partial charge in [0.05, 0.1) is 12.6 Å². The van der Waals surface area contributed by atoms with Gasteiger partial charge < -0.3 is 15.8 Å². The van der Waals surface area contributed by atoms with Gasteiger partial charge in [0.2, 0.25) is 0 Å². The largest absolute Gasteiger partial charge is 0.379 e. The molecular formula is C9H16Cl2N4O. The van der Waals surface area contributed by atoms with Gasteiger partial charge in [0, 0.05) is 18.8 Å². The minimum Gasteiger partial charge on any atom is -0.379 e. The summed E-state index contributed by atoms with van der Waals surface area (Å²) < 4.78 is 5.34. The second-order valence-corrected chi connectivity index (χ2v) is 3.37. The minimum atomic E-state index is 0. The summed E-state index contributed by atoms with van der Waals surface area (Å²) in [6, 6.07) is 2.11. The van der Waals surface area contributed by atoms with Crippen molar-refractivity contribution in [3.8, 4) is 0 Å². The van der Waals surface area contributed by atoms with Crippen LogP contribution in [0.25, 0.3) is 0 Å². The van der Waals surface area contributed by atoms with Gasteiger partial charge in [-0.2, -0.15) is 0 Å². The molecule has 5 nitrogen and oxygen atoms in total. The Morgan fingerprint density at radius 3 is 2.88 bits per heavy atom. The Balaban J connectivity index is 0.00000112. The van der Waals surface area contributed by atoms with E-state index in [1.54, 1.807) is 6.20 Å². The second-order valence-electron chi connectivity index (χ2n) is 3.37. The molecule has 2 atom stereocenters. The van der Waals surface area contributed by atoms with E-state index in [0.717, 1.165) is 18.8 Å². The third-order valence-electron chi connectivity index (χ3n) is 2.32. The van der Waals surface area contributed by atoms with Gasteiger partial charge in [-0.05, 0) is 12.5 Å². The van der Waals surface area contributed by atoms with Gasteiger partial charge in [0.15, 0.2) is 0 Å². The molecule has 16 heavy (non-hydrogen) atoms. The summed E-state index contributed by atoms with van der Waals surface area (Å²) in [5.41, 5.74) is 5.94. The van der Waals surface area contributed by atoms with Crippen LogP contribution in [0.1, 0.15) is 6.42 Å². The van der Waals surface area contributed by atoms with Gasteiger partial charge in [0.1, 0.15) is 12.1 Å². The summed E-state index contributed by atoms with van der Waals surface area (Å²) in [5, 5.41) is 3.23. The molecule has 7 heteroatoms. The number of hydrogen-bond acceptors (Lipinski definition) is 5. The van der Waals surface area contributed by atoms with E-state index >= 15 is 0 Å².